The fourth-order valence-electron chi connectivity index (χ4n) is 4.31. The van der Waals surface area contributed by atoms with Crippen molar-refractivity contribution in [2.45, 2.75) is 63.7 Å². The van der Waals surface area contributed by atoms with Gasteiger partial charge in [0.2, 0.25) is 5.91 Å². The fourth-order valence-corrected chi connectivity index (χ4v) is 4.31. The Hall–Kier alpha value is -1.51. The Kier molecular flexibility index (Phi) is 6.17. The zero-order valence-electron chi connectivity index (χ0n) is 15.0. The molecular weight excluding hydrogens is 298 g/mol. The first kappa shape index (κ1) is 17.3. The Bertz CT molecular complexity index is 519. The van der Waals surface area contributed by atoms with Gasteiger partial charge in [0, 0.05) is 25.4 Å². The summed E-state index contributed by atoms with van der Waals surface area (Å²) in [5.74, 6) is 2.63. The van der Waals surface area contributed by atoms with Crippen molar-refractivity contribution in [2.75, 3.05) is 20.2 Å². The third-order valence-corrected chi connectivity index (χ3v) is 5.86. The van der Waals surface area contributed by atoms with E-state index < -0.39 is 0 Å². The van der Waals surface area contributed by atoms with Gasteiger partial charge in [-0.3, -0.25) is 4.79 Å². The van der Waals surface area contributed by atoms with Crippen molar-refractivity contribution in [3.63, 3.8) is 0 Å². The largest absolute Gasteiger partial charge is 0.497 e. The number of hydrogen-bond donors (Lipinski definition) is 0. The average Bonchev–Trinajstić information content (AvgIpc) is 3.13. The Morgan fingerprint density at radius 3 is 2.58 bits per heavy atom. The van der Waals surface area contributed by atoms with E-state index in [1.165, 1.54) is 44.1 Å². The van der Waals surface area contributed by atoms with Crippen molar-refractivity contribution in [2.24, 2.45) is 5.92 Å². The van der Waals surface area contributed by atoms with E-state index in [1.54, 1.807) is 7.11 Å². The zero-order valence-corrected chi connectivity index (χ0v) is 15.0. The lowest BCUT2D eigenvalue weighted by Gasteiger charge is -2.22. The molecule has 1 aliphatic heterocycles. The lowest BCUT2D eigenvalue weighted by Crippen LogP contribution is -2.28. The lowest BCUT2D eigenvalue weighted by atomic mass is 9.86. The van der Waals surface area contributed by atoms with E-state index in [0.29, 0.717) is 11.8 Å². The van der Waals surface area contributed by atoms with Crippen LogP contribution in [0.1, 0.15) is 69.3 Å². The number of benzene rings is 1. The van der Waals surface area contributed by atoms with Crippen molar-refractivity contribution >= 4 is 5.91 Å². The van der Waals surface area contributed by atoms with E-state index in [2.05, 4.69) is 17.0 Å². The number of hydrogen-bond acceptors (Lipinski definition) is 2. The minimum Gasteiger partial charge on any atom is -0.497 e. The number of methoxy groups -OCH3 is 1. The minimum atomic E-state index is 0.363. The van der Waals surface area contributed by atoms with E-state index >= 15 is 0 Å². The minimum absolute atomic E-state index is 0.363. The summed E-state index contributed by atoms with van der Waals surface area (Å²) in [6, 6.07) is 8.31. The van der Waals surface area contributed by atoms with Gasteiger partial charge in [-0.1, -0.05) is 44.2 Å². The monoisotopic (exact) mass is 329 g/mol. The van der Waals surface area contributed by atoms with Crippen LogP contribution in [0.3, 0.4) is 0 Å². The van der Waals surface area contributed by atoms with Crippen LogP contribution in [0.2, 0.25) is 0 Å². The van der Waals surface area contributed by atoms with Crippen molar-refractivity contribution in [1.29, 1.82) is 0 Å². The maximum absolute atomic E-state index is 12.5. The standard InChI is InChI=1S/C21H31NO2/c1-24-20-12-10-18(11-13-20)19-14-15-22(16-19)21(23)9-5-8-17-6-3-2-4-7-17/h10-13,17,19H,2-9,14-16H2,1H3. The highest BCUT2D eigenvalue weighted by molar-refractivity contribution is 5.76. The topological polar surface area (TPSA) is 29.5 Å². The summed E-state index contributed by atoms with van der Waals surface area (Å²) in [6.45, 7) is 1.80. The first-order valence-electron chi connectivity index (χ1n) is 9.68. The Balaban J connectivity index is 1.41. The lowest BCUT2D eigenvalue weighted by molar-refractivity contribution is -0.130. The van der Waals surface area contributed by atoms with Crippen LogP contribution in [0, 0.1) is 5.92 Å². The van der Waals surface area contributed by atoms with Crippen LogP contribution in [0.25, 0.3) is 0 Å². The molecule has 3 nitrogen and oxygen atoms in total. The molecule has 24 heavy (non-hydrogen) atoms. The molecule has 0 spiro atoms. The summed E-state index contributed by atoms with van der Waals surface area (Å²) in [5, 5.41) is 0. The summed E-state index contributed by atoms with van der Waals surface area (Å²) < 4.78 is 5.22. The highest BCUT2D eigenvalue weighted by Crippen LogP contribution is 2.30. The molecular formula is C21H31NO2. The SMILES string of the molecule is COc1ccc(C2CCN(C(=O)CCCC3CCCCC3)C2)cc1. The maximum Gasteiger partial charge on any atom is 0.222 e. The van der Waals surface area contributed by atoms with E-state index in [9.17, 15) is 4.79 Å². The van der Waals surface area contributed by atoms with E-state index in [-0.39, 0.29) is 0 Å². The predicted octanol–water partition coefficient (Wildman–Crippen LogP) is 4.76. The molecule has 1 unspecified atom stereocenters. The molecule has 0 bridgehead atoms. The van der Waals surface area contributed by atoms with Crippen LogP contribution >= 0.6 is 0 Å². The molecule has 1 atom stereocenters. The second-order valence-electron chi connectivity index (χ2n) is 7.49. The van der Waals surface area contributed by atoms with Gasteiger partial charge in [-0.05, 0) is 42.9 Å². The summed E-state index contributed by atoms with van der Waals surface area (Å²) in [4.78, 5) is 14.5. The molecule has 1 amide bonds. The highest BCUT2D eigenvalue weighted by Gasteiger charge is 2.27. The van der Waals surface area contributed by atoms with Gasteiger partial charge >= 0.3 is 0 Å². The normalized spacial score (nSPS) is 21.9. The number of nitrogens with zero attached hydrogens (tertiary/aromatic N) is 1. The first-order chi connectivity index (χ1) is 11.8. The third kappa shape index (κ3) is 4.52. The molecule has 1 saturated carbocycles. The van der Waals surface area contributed by atoms with E-state index in [0.717, 1.165) is 44.0 Å². The summed E-state index contributed by atoms with van der Waals surface area (Å²) in [5.41, 5.74) is 1.33. The molecule has 2 aliphatic rings. The van der Waals surface area contributed by atoms with Crippen LogP contribution < -0.4 is 4.74 Å². The number of carbonyl (C=O) groups excluding carboxylic acids is 1. The fraction of sp³-hybridized carbons (Fsp3) is 0.667. The molecule has 1 aromatic carbocycles. The number of amides is 1. The molecule has 2 fully saturated rings. The maximum atomic E-state index is 12.5. The first-order valence-corrected chi connectivity index (χ1v) is 9.68. The van der Waals surface area contributed by atoms with Crippen LogP contribution in [0.4, 0.5) is 0 Å². The third-order valence-electron chi connectivity index (χ3n) is 5.86. The smallest absolute Gasteiger partial charge is 0.222 e. The van der Waals surface area contributed by atoms with E-state index in [1.807, 2.05) is 12.1 Å². The molecule has 1 heterocycles. The number of carbonyl (C=O) groups is 1. The van der Waals surface area contributed by atoms with E-state index in [4.69, 9.17) is 4.74 Å². The Morgan fingerprint density at radius 2 is 1.88 bits per heavy atom. The Labute approximate surface area is 146 Å². The van der Waals surface area contributed by atoms with Crippen molar-refractivity contribution < 1.29 is 9.53 Å². The van der Waals surface area contributed by atoms with Crippen molar-refractivity contribution in [3.8, 4) is 5.75 Å². The van der Waals surface area contributed by atoms with Crippen LogP contribution in [-0.4, -0.2) is 31.0 Å². The number of rotatable bonds is 6. The molecule has 3 heteroatoms. The van der Waals surface area contributed by atoms with Gasteiger partial charge in [0.05, 0.1) is 7.11 Å². The van der Waals surface area contributed by atoms with Gasteiger partial charge in [0.25, 0.3) is 0 Å². The molecule has 1 saturated heterocycles. The molecule has 0 radical (unpaired) electrons. The van der Waals surface area contributed by atoms with Gasteiger partial charge in [0.15, 0.2) is 0 Å². The van der Waals surface area contributed by atoms with Gasteiger partial charge in [-0.15, -0.1) is 0 Å². The van der Waals surface area contributed by atoms with Crippen LogP contribution in [0.5, 0.6) is 5.75 Å². The number of likely N-dealkylation sites (tertiary alicyclic amines) is 1. The molecule has 3 rings (SSSR count). The number of ether oxygens (including phenoxy) is 1. The summed E-state index contributed by atoms with van der Waals surface area (Å²) >= 11 is 0. The molecule has 0 N–H and O–H groups in total. The zero-order chi connectivity index (χ0) is 16.8. The quantitative estimate of drug-likeness (QED) is 0.753. The average molecular weight is 329 g/mol. The summed E-state index contributed by atoms with van der Waals surface area (Å²) in [6.07, 6.45) is 11.1. The van der Waals surface area contributed by atoms with Crippen LogP contribution in [0.15, 0.2) is 24.3 Å². The second kappa shape index (κ2) is 8.55. The highest BCUT2D eigenvalue weighted by atomic mass is 16.5. The molecule has 132 valence electrons. The van der Waals surface area contributed by atoms with Gasteiger partial charge in [0.1, 0.15) is 5.75 Å². The van der Waals surface area contributed by atoms with Gasteiger partial charge in [-0.25, -0.2) is 0 Å². The summed E-state index contributed by atoms with van der Waals surface area (Å²) in [7, 11) is 1.69. The van der Waals surface area contributed by atoms with Gasteiger partial charge in [-0.2, -0.15) is 0 Å². The van der Waals surface area contributed by atoms with Crippen LogP contribution in [-0.2, 0) is 4.79 Å². The van der Waals surface area contributed by atoms with Crippen molar-refractivity contribution in [1.82, 2.24) is 4.90 Å². The van der Waals surface area contributed by atoms with Gasteiger partial charge < -0.3 is 9.64 Å². The second-order valence-corrected chi connectivity index (χ2v) is 7.49. The predicted molar refractivity (Wildman–Crippen MR) is 97.4 cm³/mol. The van der Waals surface area contributed by atoms with Crippen molar-refractivity contribution in [3.05, 3.63) is 29.8 Å². The molecule has 0 aromatic heterocycles. The Morgan fingerprint density at radius 1 is 1.12 bits per heavy atom. The molecule has 1 aromatic rings. The molecule has 1 aliphatic carbocycles.